The molecule has 2 heterocycles. The lowest BCUT2D eigenvalue weighted by atomic mass is 10.1. The Morgan fingerprint density at radius 3 is 2.66 bits per heavy atom. The fourth-order valence-corrected chi connectivity index (χ4v) is 3.67. The van der Waals surface area contributed by atoms with Crippen LogP contribution in [0.4, 0.5) is 4.79 Å². The maximum absolute atomic E-state index is 11.8. The summed E-state index contributed by atoms with van der Waals surface area (Å²) in [5.74, 6) is 0.704. The molecule has 0 radical (unpaired) electrons. The Kier molecular flexibility index (Phi) is 5.87. The predicted molar refractivity (Wildman–Crippen MR) is 110 cm³/mol. The molecule has 0 spiro atoms. The van der Waals surface area contributed by atoms with Gasteiger partial charge in [-0.3, -0.25) is 4.90 Å². The molecule has 0 bridgehead atoms. The Morgan fingerprint density at radius 1 is 1.10 bits per heavy atom. The summed E-state index contributed by atoms with van der Waals surface area (Å²) in [5.41, 5.74) is 1.67. The monoisotopic (exact) mass is 398 g/mol. The number of ether oxygens (including phenoxy) is 2. The summed E-state index contributed by atoms with van der Waals surface area (Å²) in [6.07, 6.45) is -0.876. The minimum absolute atomic E-state index is 0.208. The van der Waals surface area contributed by atoms with E-state index in [-0.39, 0.29) is 12.7 Å². The van der Waals surface area contributed by atoms with E-state index < -0.39 is 6.10 Å². The van der Waals surface area contributed by atoms with Crippen LogP contribution < -0.4 is 4.74 Å². The Morgan fingerprint density at radius 2 is 1.86 bits per heavy atom. The second kappa shape index (κ2) is 8.71. The number of aliphatic hydroxyl groups is 1. The molecule has 2 aromatic carbocycles. The molecule has 1 amide bonds. The third kappa shape index (κ3) is 4.46. The van der Waals surface area contributed by atoms with Gasteiger partial charge in [-0.05, 0) is 31.2 Å². The summed E-state index contributed by atoms with van der Waals surface area (Å²) in [6, 6.07) is 13.6. The van der Waals surface area contributed by atoms with Crippen molar-refractivity contribution < 1.29 is 23.8 Å². The van der Waals surface area contributed by atoms with E-state index in [1.165, 1.54) is 0 Å². The van der Waals surface area contributed by atoms with Gasteiger partial charge >= 0.3 is 6.09 Å². The number of fused-ring (bicyclic) bond motifs is 3. The third-order valence-corrected chi connectivity index (χ3v) is 5.16. The van der Waals surface area contributed by atoms with Crippen LogP contribution in [0.1, 0.15) is 6.92 Å². The van der Waals surface area contributed by atoms with Crippen molar-refractivity contribution in [2.24, 2.45) is 0 Å². The van der Waals surface area contributed by atoms with Gasteiger partial charge in [-0.25, -0.2) is 4.79 Å². The van der Waals surface area contributed by atoms with Gasteiger partial charge in [0.2, 0.25) is 0 Å². The molecule has 1 aromatic heterocycles. The number of β-amino-alcohol motifs (C(OH)–C–C–N with tert-alkyl or cyclic N) is 1. The lowest BCUT2D eigenvalue weighted by molar-refractivity contribution is 0.0408. The van der Waals surface area contributed by atoms with Gasteiger partial charge in [0.1, 0.15) is 29.6 Å². The minimum Gasteiger partial charge on any atom is -0.491 e. The molecule has 1 N–H and O–H groups in total. The van der Waals surface area contributed by atoms with Gasteiger partial charge in [-0.15, -0.1) is 0 Å². The average molecular weight is 398 g/mol. The van der Waals surface area contributed by atoms with Gasteiger partial charge in [0.15, 0.2) is 0 Å². The molecule has 29 heavy (non-hydrogen) atoms. The summed E-state index contributed by atoms with van der Waals surface area (Å²) in [5, 5.41) is 12.4. The number of amides is 1. The average Bonchev–Trinajstić information content (AvgIpc) is 3.11. The van der Waals surface area contributed by atoms with Crippen LogP contribution in [0.25, 0.3) is 21.9 Å². The molecule has 1 unspecified atom stereocenters. The molecule has 154 valence electrons. The summed E-state index contributed by atoms with van der Waals surface area (Å²) in [4.78, 5) is 15.6. The molecule has 3 aromatic rings. The molecule has 1 aliphatic heterocycles. The lowest BCUT2D eigenvalue weighted by Crippen LogP contribution is -2.51. The van der Waals surface area contributed by atoms with E-state index in [2.05, 4.69) is 4.90 Å². The van der Waals surface area contributed by atoms with Crippen molar-refractivity contribution in [3.05, 3.63) is 42.5 Å². The molecule has 7 heteroatoms. The molecule has 0 aliphatic carbocycles. The molecular formula is C22H26N2O5. The number of hydrogen-bond donors (Lipinski definition) is 1. The standard InChI is InChI=1S/C22H26N2O5/c1-2-27-22(26)24-11-9-23(10-12-24)14-16(25)15-28-17-7-8-21-19(13-17)18-5-3-4-6-20(18)29-21/h3-8,13,16,25H,2,9-12,14-15H2,1H3. The van der Waals surface area contributed by atoms with E-state index in [1.54, 1.807) is 11.8 Å². The Hall–Kier alpha value is -2.77. The van der Waals surface area contributed by atoms with Crippen LogP contribution in [0.2, 0.25) is 0 Å². The summed E-state index contributed by atoms with van der Waals surface area (Å²) < 4.78 is 16.7. The van der Waals surface area contributed by atoms with Crippen molar-refractivity contribution in [1.82, 2.24) is 9.80 Å². The van der Waals surface area contributed by atoms with Crippen LogP contribution in [0.15, 0.2) is 46.9 Å². The van der Waals surface area contributed by atoms with Gasteiger partial charge in [0.25, 0.3) is 0 Å². The number of aliphatic hydroxyl groups excluding tert-OH is 1. The third-order valence-electron chi connectivity index (χ3n) is 5.16. The molecule has 1 atom stereocenters. The smallest absolute Gasteiger partial charge is 0.409 e. The number of para-hydroxylation sites is 1. The quantitative estimate of drug-likeness (QED) is 0.688. The number of benzene rings is 2. The van der Waals surface area contributed by atoms with Gasteiger partial charge in [0.05, 0.1) is 6.61 Å². The van der Waals surface area contributed by atoms with Crippen LogP contribution in [0.3, 0.4) is 0 Å². The Bertz CT molecular complexity index is 978. The van der Waals surface area contributed by atoms with Gasteiger partial charge in [0, 0.05) is 43.5 Å². The maximum atomic E-state index is 11.8. The first-order chi connectivity index (χ1) is 14.1. The van der Waals surface area contributed by atoms with E-state index in [0.717, 1.165) is 21.9 Å². The second-order valence-electron chi connectivity index (χ2n) is 7.21. The fraction of sp³-hybridized carbons (Fsp3) is 0.409. The predicted octanol–water partition coefficient (Wildman–Crippen LogP) is 3.10. The van der Waals surface area contributed by atoms with E-state index in [4.69, 9.17) is 13.9 Å². The van der Waals surface area contributed by atoms with E-state index in [0.29, 0.717) is 45.1 Å². The van der Waals surface area contributed by atoms with E-state index >= 15 is 0 Å². The number of carbonyl (C=O) groups is 1. The van der Waals surface area contributed by atoms with Crippen LogP contribution in [-0.4, -0.2) is 73.0 Å². The highest BCUT2D eigenvalue weighted by Gasteiger charge is 2.23. The van der Waals surface area contributed by atoms with Crippen molar-refractivity contribution in [3.63, 3.8) is 0 Å². The normalized spacial score (nSPS) is 16.3. The number of hydrogen-bond acceptors (Lipinski definition) is 6. The highest BCUT2D eigenvalue weighted by atomic mass is 16.6. The lowest BCUT2D eigenvalue weighted by Gasteiger charge is -2.34. The molecule has 4 rings (SSSR count). The van der Waals surface area contributed by atoms with Gasteiger partial charge < -0.3 is 23.9 Å². The molecule has 1 fully saturated rings. The van der Waals surface area contributed by atoms with Gasteiger partial charge in [-0.1, -0.05) is 18.2 Å². The molecular weight excluding hydrogens is 372 g/mol. The Balaban J connectivity index is 1.29. The summed E-state index contributed by atoms with van der Waals surface area (Å²) in [7, 11) is 0. The second-order valence-corrected chi connectivity index (χ2v) is 7.21. The van der Waals surface area contributed by atoms with Crippen molar-refractivity contribution in [2.75, 3.05) is 45.9 Å². The first-order valence-electron chi connectivity index (χ1n) is 10.00. The highest BCUT2D eigenvalue weighted by Crippen LogP contribution is 2.31. The van der Waals surface area contributed by atoms with Crippen molar-refractivity contribution in [2.45, 2.75) is 13.0 Å². The first-order valence-corrected chi connectivity index (χ1v) is 10.00. The largest absolute Gasteiger partial charge is 0.491 e. The molecule has 1 saturated heterocycles. The van der Waals surface area contributed by atoms with E-state index in [9.17, 15) is 9.90 Å². The maximum Gasteiger partial charge on any atom is 0.409 e. The van der Waals surface area contributed by atoms with Crippen molar-refractivity contribution >= 4 is 28.0 Å². The summed E-state index contributed by atoms with van der Waals surface area (Å²) >= 11 is 0. The summed E-state index contributed by atoms with van der Waals surface area (Å²) in [6.45, 7) is 5.54. The molecule has 1 aliphatic rings. The zero-order valence-corrected chi connectivity index (χ0v) is 16.5. The zero-order valence-electron chi connectivity index (χ0n) is 16.5. The number of piperazine rings is 1. The van der Waals surface area contributed by atoms with Crippen LogP contribution in [-0.2, 0) is 4.74 Å². The van der Waals surface area contributed by atoms with Crippen LogP contribution in [0.5, 0.6) is 5.75 Å². The van der Waals surface area contributed by atoms with Crippen LogP contribution >= 0.6 is 0 Å². The van der Waals surface area contributed by atoms with Crippen molar-refractivity contribution in [1.29, 1.82) is 0 Å². The number of nitrogens with zero attached hydrogens (tertiary/aromatic N) is 2. The number of rotatable bonds is 6. The Labute approximate surface area is 169 Å². The number of furan rings is 1. The topological polar surface area (TPSA) is 75.4 Å². The zero-order chi connectivity index (χ0) is 20.2. The fourth-order valence-electron chi connectivity index (χ4n) is 3.67. The first kappa shape index (κ1) is 19.5. The molecule has 0 saturated carbocycles. The minimum atomic E-state index is -0.610. The highest BCUT2D eigenvalue weighted by molar-refractivity contribution is 6.05. The molecule has 7 nitrogen and oxygen atoms in total. The SMILES string of the molecule is CCOC(=O)N1CCN(CC(O)COc2ccc3oc4ccccc4c3c2)CC1. The van der Waals surface area contributed by atoms with Crippen LogP contribution in [0, 0.1) is 0 Å². The van der Waals surface area contributed by atoms with Crippen molar-refractivity contribution in [3.8, 4) is 5.75 Å². The van der Waals surface area contributed by atoms with E-state index in [1.807, 2.05) is 42.5 Å². The van der Waals surface area contributed by atoms with Gasteiger partial charge in [-0.2, -0.15) is 0 Å². The number of carbonyl (C=O) groups excluding carboxylic acids is 1.